The van der Waals surface area contributed by atoms with Crippen LogP contribution in [0.4, 0.5) is 0 Å². The van der Waals surface area contributed by atoms with E-state index in [2.05, 4.69) is 64.8 Å². The summed E-state index contributed by atoms with van der Waals surface area (Å²) < 4.78 is 9.24. The quantitative estimate of drug-likeness (QED) is 0.871. The van der Waals surface area contributed by atoms with Crippen LogP contribution in [0.5, 0.6) is 0 Å². The zero-order chi connectivity index (χ0) is 18.6. The molecule has 7 heteroatoms. The topological polar surface area (TPSA) is 67.4 Å². The molecule has 1 amide bonds. The minimum Gasteiger partial charge on any atom is -0.379 e. The molecule has 0 spiro atoms. The molecule has 0 saturated carbocycles. The number of rotatable bonds is 5. The SMILES string of the molecule is CC(C)(C)c1ccc(C(CNC(=O)c2csnn2)N2CCOCC2)cc1. The highest BCUT2D eigenvalue weighted by atomic mass is 32.1. The molecule has 0 bridgehead atoms. The molecule has 1 aromatic heterocycles. The van der Waals surface area contributed by atoms with E-state index in [1.807, 2.05) is 0 Å². The van der Waals surface area contributed by atoms with Crippen LogP contribution >= 0.6 is 11.5 Å². The van der Waals surface area contributed by atoms with E-state index >= 15 is 0 Å². The van der Waals surface area contributed by atoms with E-state index in [1.54, 1.807) is 5.38 Å². The lowest BCUT2D eigenvalue weighted by atomic mass is 9.86. The maximum absolute atomic E-state index is 12.3. The second-order valence-electron chi connectivity index (χ2n) is 7.54. The fourth-order valence-electron chi connectivity index (χ4n) is 3.10. The number of aromatic nitrogens is 2. The van der Waals surface area contributed by atoms with Crippen molar-refractivity contribution in [3.63, 3.8) is 0 Å². The van der Waals surface area contributed by atoms with E-state index in [9.17, 15) is 4.79 Å². The second kappa shape index (κ2) is 8.24. The Morgan fingerprint density at radius 3 is 2.54 bits per heavy atom. The molecule has 2 aromatic rings. The van der Waals surface area contributed by atoms with Crippen LogP contribution < -0.4 is 5.32 Å². The normalized spacial score (nSPS) is 17.0. The number of hydrogen-bond donors (Lipinski definition) is 1. The number of carbonyl (C=O) groups excluding carboxylic acids is 1. The van der Waals surface area contributed by atoms with Gasteiger partial charge in [0.2, 0.25) is 0 Å². The van der Waals surface area contributed by atoms with Crippen molar-refractivity contribution in [2.75, 3.05) is 32.8 Å². The van der Waals surface area contributed by atoms with Crippen molar-refractivity contribution >= 4 is 17.4 Å². The Bertz CT molecular complexity index is 704. The second-order valence-corrected chi connectivity index (χ2v) is 8.15. The molecule has 1 aliphatic rings. The van der Waals surface area contributed by atoms with Crippen molar-refractivity contribution in [3.05, 3.63) is 46.5 Å². The molecule has 1 unspecified atom stereocenters. The lowest BCUT2D eigenvalue weighted by Crippen LogP contribution is -2.43. The number of ether oxygens (including phenoxy) is 1. The molecule has 140 valence electrons. The number of benzene rings is 1. The molecule has 1 aromatic carbocycles. The molecule has 0 aliphatic carbocycles. The molecular weight excluding hydrogens is 348 g/mol. The van der Waals surface area contributed by atoms with Crippen molar-refractivity contribution in [3.8, 4) is 0 Å². The number of amides is 1. The van der Waals surface area contributed by atoms with Gasteiger partial charge < -0.3 is 10.1 Å². The third-order valence-corrected chi connectivity index (χ3v) is 5.20. The predicted octanol–water partition coefficient (Wildman–Crippen LogP) is 2.64. The van der Waals surface area contributed by atoms with Gasteiger partial charge in [0.1, 0.15) is 0 Å². The molecule has 6 nitrogen and oxygen atoms in total. The summed E-state index contributed by atoms with van der Waals surface area (Å²) in [5.41, 5.74) is 3.01. The largest absolute Gasteiger partial charge is 0.379 e. The van der Waals surface area contributed by atoms with Crippen LogP contribution in [0.15, 0.2) is 29.6 Å². The van der Waals surface area contributed by atoms with Crippen molar-refractivity contribution in [2.45, 2.75) is 32.2 Å². The van der Waals surface area contributed by atoms with E-state index in [4.69, 9.17) is 4.74 Å². The zero-order valence-corrected chi connectivity index (χ0v) is 16.4. The Labute approximate surface area is 158 Å². The zero-order valence-electron chi connectivity index (χ0n) is 15.6. The smallest absolute Gasteiger partial charge is 0.272 e. The first kappa shape index (κ1) is 18.9. The number of hydrogen-bond acceptors (Lipinski definition) is 6. The Morgan fingerprint density at radius 2 is 1.96 bits per heavy atom. The summed E-state index contributed by atoms with van der Waals surface area (Å²) in [4.78, 5) is 14.6. The van der Waals surface area contributed by atoms with Crippen LogP contribution in [-0.4, -0.2) is 53.2 Å². The summed E-state index contributed by atoms with van der Waals surface area (Å²) in [6.45, 7) is 10.3. The number of carbonyl (C=O) groups is 1. The lowest BCUT2D eigenvalue weighted by molar-refractivity contribution is 0.0162. The van der Waals surface area contributed by atoms with Crippen molar-refractivity contribution in [1.29, 1.82) is 0 Å². The van der Waals surface area contributed by atoms with Crippen LogP contribution in [0.1, 0.15) is 48.4 Å². The highest BCUT2D eigenvalue weighted by molar-refractivity contribution is 7.03. The molecule has 26 heavy (non-hydrogen) atoms. The van der Waals surface area contributed by atoms with E-state index in [0.29, 0.717) is 12.2 Å². The van der Waals surface area contributed by atoms with Gasteiger partial charge in [-0.3, -0.25) is 9.69 Å². The molecule has 0 radical (unpaired) electrons. The van der Waals surface area contributed by atoms with Gasteiger partial charge in [0.25, 0.3) is 5.91 Å². The van der Waals surface area contributed by atoms with E-state index in [0.717, 1.165) is 26.3 Å². The van der Waals surface area contributed by atoms with Gasteiger partial charge in [-0.25, -0.2) is 0 Å². The standard InChI is InChI=1S/C19H26N4O2S/c1-19(2,3)15-6-4-14(5-7-15)17(23-8-10-25-11-9-23)12-20-18(24)16-13-26-22-21-16/h4-7,13,17H,8-12H2,1-3H3,(H,20,24). The van der Waals surface area contributed by atoms with Crippen LogP contribution in [0, 0.1) is 0 Å². The fourth-order valence-corrected chi connectivity index (χ4v) is 3.53. The Hall–Kier alpha value is -1.83. The fraction of sp³-hybridized carbons (Fsp3) is 0.526. The molecular formula is C19H26N4O2S. The molecule has 1 aliphatic heterocycles. The minimum atomic E-state index is -0.177. The first-order valence-electron chi connectivity index (χ1n) is 8.92. The molecule has 1 saturated heterocycles. The maximum atomic E-state index is 12.3. The summed E-state index contributed by atoms with van der Waals surface area (Å²) >= 11 is 1.18. The number of nitrogens with zero attached hydrogens (tertiary/aromatic N) is 3. The average molecular weight is 375 g/mol. The monoisotopic (exact) mass is 374 g/mol. The van der Waals surface area contributed by atoms with Gasteiger partial charge in [0.15, 0.2) is 5.69 Å². The highest BCUT2D eigenvalue weighted by Gasteiger charge is 2.24. The summed E-state index contributed by atoms with van der Waals surface area (Å²) in [5, 5.41) is 8.51. The Balaban J connectivity index is 1.75. The molecule has 1 atom stereocenters. The van der Waals surface area contributed by atoms with Gasteiger partial charge in [-0.15, -0.1) is 5.10 Å². The Morgan fingerprint density at radius 1 is 1.27 bits per heavy atom. The van der Waals surface area contributed by atoms with Crippen LogP contribution in [0.25, 0.3) is 0 Å². The molecule has 3 rings (SSSR count). The van der Waals surface area contributed by atoms with Crippen LogP contribution in [-0.2, 0) is 10.2 Å². The average Bonchev–Trinajstić information content (AvgIpc) is 3.17. The summed E-state index contributed by atoms with van der Waals surface area (Å²) in [6.07, 6.45) is 0. The highest BCUT2D eigenvalue weighted by Crippen LogP contribution is 2.26. The van der Waals surface area contributed by atoms with Gasteiger partial charge in [-0.1, -0.05) is 49.5 Å². The first-order chi connectivity index (χ1) is 12.4. The van der Waals surface area contributed by atoms with Crippen molar-refractivity contribution in [2.24, 2.45) is 0 Å². The van der Waals surface area contributed by atoms with Gasteiger partial charge in [0, 0.05) is 25.0 Å². The van der Waals surface area contributed by atoms with Crippen LogP contribution in [0.2, 0.25) is 0 Å². The van der Waals surface area contributed by atoms with Gasteiger partial charge in [-0.05, 0) is 28.1 Å². The van der Waals surface area contributed by atoms with E-state index < -0.39 is 0 Å². The molecule has 1 N–H and O–H groups in total. The molecule has 1 fully saturated rings. The summed E-state index contributed by atoms with van der Waals surface area (Å²) in [6, 6.07) is 8.85. The third kappa shape index (κ3) is 4.66. The van der Waals surface area contributed by atoms with Crippen LogP contribution in [0.3, 0.4) is 0 Å². The van der Waals surface area contributed by atoms with E-state index in [-0.39, 0.29) is 17.4 Å². The Kier molecular flexibility index (Phi) is 6.01. The first-order valence-corrected chi connectivity index (χ1v) is 9.76. The van der Waals surface area contributed by atoms with E-state index in [1.165, 1.54) is 22.7 Å². The van der Waals surface area contributed by atoms with Crippen molar-refractivity contribution in [1.82, 2.24) is 19.8 Å². The van der Waals surface area contributed by atoms with Gasteiger partial charge >= 0.3 is 0 Å². The molecule has 2 heterocycles. The predicted molar refractivity (Wildman–Crippen MR) is 103 cm³/mol. The lowest BCUT2D eigenvalue weighted by Gasteiger charge is -2.35. The maximum Gasteiger partial charge on any atom is 0.272 e. The number of nitrogens with one attached hydrogen (secondary N) is 1. The van der Waals surface area contributed by atoms with Gasteiger partial charge in [-0.2, -0.15) is 0 Å². The van der Waals surface area contributed by atoms with Crippen molar-refractivity contribution < 1.29 is 9.53 Å². The number of morpholine rings is 1. The minimum absolute atomic E-state index is 0.114. The third-order valence-electron chi connectivity index (χ3n) is 4.70. The summed E-state index contributed by atoms with van der Waals surface area (Å²) in [7, 11) is 0. The summed E-state index contributed by atoms with van der Waals surface area (Å²) in [5.74, 6) is -0.177. The van der Waals surface area contributed by atoms with Gasteiger partial charge in [0.05, 0.1) is 19.3 Å².